The van der Waals surface area contributed by atoms with Gasteiger partial charge in [-0.3, -0.25) is 0 Å². The zero-order valence-corrected chi connectivity index (χ0v) is 27.6. The van der Waals surface area contributed by atoms with Crippen molar-refractivity contribution < 1.29 is 0 Å². The van der Waals surface area contributed by atoms with E-state index in [1.54, 1.807) is 0 Å². The van der Waals surface area contributed by atoms with Crippen LogP contribution >= 0.6 is 0 Å². The first-order chi connectivity index (χ1) is 25.2. The van der Waals surface area contributed by atoms with Crippen molar-refractivity contribution in [1.82, 2.24) is 9.97 Å². The van der Waals surface area contributed by atoms with E-state index in [9.17, 15) is 5.26 Å². The molecular formula is C48H29N3. The molecule has 0 radical (unpaired) electrons. The highest BCUT2D eigenvalue weighted by atomic mass is 14.9. The van der Waals surface area contributed by atoms with Crippen LogP contribution in [0.1, 0.15) is 27.8 Å². The first kappa shape index (κ1) is 29.1. The van der Waals surface area contributed by atoms with Gasteiger partial charge in [0.15, 0.2) is 5.82 Å². The fraction of sp³-hybridized carbons (Fsp3) is 0.0208. The summed E-state index contributed by atoms with van der Waals surface area (Å²) in [7, 11) is 0. The lowest BCUT2D eigenvalue weighted by Gasteiger charge is -2.30. The number of nitriles is 1. The Bertz CT molecular complexity index is 2600. The number of hydrogen-bond donors (Lipinski definition) is 0. The Morgan fingerprint density at radius 2 is 0.922 bits per heavy atom. The van der Waals surface area contributed by atoms with E-state index in [1.807, 2.05) is 42.5 Å². The van der Waals surface area contributed by atoms with Gasteiger partial charge in [0.25, 0.3) is 0 Å². The summed E-state index contributed by atoms with van der Waals surface area (Å²) in [5.74, 6) is 0.699. The van der Waals surface area contributed by atoms with Crippen LogP contribution in [0.3, 0.4) is 0 Å². The Morgan fingerprint density at radius 1 is 0.373 bits per heavy atom. The first-order valence-corrected chi connectivity index (χ1v) is 17.2. The smallest absolute Gasteiger partial charge is 0.160 e. The van der Waals surface area contributed by atoms with Gasteiger partial charge in [0.05, 0.1) is 28.4 Å². The summed E-state index contributed by atoms with van der Waals surface area (Å²) in [6.45, 7) is 0. The van der Waals surface area contributed by atoms with Gasteiger partial charge in [-0.25, -0.2) is 9.97 Å². The molecule has 10 rings (SSSR count). The summed E-state index contributed by atoms with van der Waals surface area (Å²) in [5, 5.41) is 9.91. The van der Waals surface area contributed by atoms with Gasteiger partial charge in [-0.2, -0.15) is 5.26 Å². The minimum Gasteiger partial charge on any atom is -0.228 e. The van der Waals surface area contributed by atoms with Gasteiger partial charge in [0.2, 0.25) is 0 Å². The number of rotatable bonds is 4. The second-order valence-corrected chi connectivity index (χ2v) is 13.2. The standard InChI is InChI=1S/C48H29N3/c49-30-31-22-25-43-40(26-31)39-24-23-35(28-44(39)48(43)41-20-9-7-18-37(41)38-19-8-10-21-42(38)48)34-16-11-17-36(27-34)46-29-45(32-12-3-1-4-13-32)50-47(51-46)33-14-5-2-6-15-33/h1-29H. The number of benzene rings is 7. The van der Waals surface area contributed by atoms with Crippen molar-refractivity contribution in [3.05, 3.63) is 204 Å². The monoisotopic (exact) mass is 647 g/mol. The largest absolute Gasteiger partial charge is 0.228 e. The third kappa shape index (κ3) is 4.37. The summed E-state index contributed by atoms with van der Waals surface area (Å²) >= 11 is 0. The molecule has 0 saturated carbocycles. The molecule has 0 amide bonds. The lowest BCUT2D eigenvalue weighted by Crippen LogP contribution is -2.25. The predicted molar refractivity (Wildman–Crippen MR) is 205 cm³/mol. The molecule has 0 aliphatic heterocycles. The quantitative estimate of drug-likeness (QED) is 0.191. The SMILES string of the molecule is N#Cc1ccc2c(c1)-c1ccc(-c3cccc(-c4cc(-c5ccccc5)nc(-c5ccccc5)n4)c3)cc1C21c2ccccc2-c2ccccc21. The van der Waals surface area contributed by atoms with Gasteiger partial charge in [-0.1, -0.05) is 146 Å². The van der Waals surface area contributed by atoms with Gasteiger partial charge >= 0.3 is 0 Å². The maximum atomic E-state index is 9.91. The minimum atomic E-state index is -0.485. The van der Waals surface area contributed by atoms with Crippen molar-refractivity contribution in [3.8, 4) is 73.4 Å². The van der Waals surface area contributed by atoms with Crippen LogP contribution in [0.25, 0.3) is 67.3 Å². The third-order valence-electron chi connectivity index (χ3n) is 10.5. The van der Waals surface area contributed by atoms with Crippen molar-refractivity contribution in [2.45, 2.75) is 5.41 Å². The molecule has 0 unspecified atom stereocenters. The minimum absolute atomic E-state index is 0.485. The zero-order chi connectivity index (χ0) is 33.9. The van der Waals surface area contributed by atoms with Crippen molar-refractivity contribution in [1.29, 1.82) is 5.26 Å². The van der Waals surface area contributed by atoms with Gasteiger partial charge in [0.1, 0.15) is 0 Å². The summed E-state index contributed by atoms with van der Waals surface area (Å²) in [6, 6.07) is 64.3. The van der Waals surface area contributed by atoms with E-state index in [-0.39, 0.29) is 0 Å². The summed E-state index contributed by atoms with van der Waals surface area (Å²) in [6.07, 6.45) is 0. The lowest BCUT2D eigenvalue weighted by molar-refractivity contribution is 0.794. The Morgan fingerprint density at radius 3 is 1.63 bits per heavy atom. The molecule has 1 spiro atoms. The van der Waals surface area contributed by atoms with Crippen LogP contribution < -0.4 is 0 Å². The molecule has 7 aromatic carbocycles. The molecule has 3 nitrogen and oxygen atoms in total. The normalized spacial score (nSPS) is 12.8. The molecule has 0 atom stereocenters. The summed E-state index contributed by atoms with van der Waals surface area (Å²) in [4.78, 5) is 10.1. The number of aromatic nitrogens is 2. The predicted octanol–water partition coefficient (Wildman–Crippen LogP) is 11.4. The number of fused-ring (bicyclic) bond motifs is 10. The molecular weight excluding hydrogens is 619 g/mol. The van der Waals surface area contributed by atoms with E-state index in [0.717, 1.165) is 44.8 Å². The highest BCUT2D eigenvalue weighted by molar-refractivity contribution is 5.96. The summed E-state index contributed by atoms with van der Waals surface area (Å²) in [5.41, 5.74) is 17.1. The lowest BCUT2D eigenvalue weighted by atomic mass is 9.70. The Hall–Kier alpha value is -6.89. The van der Waals surface area contributed by atoms with Crippen molar-refractivity contribution >= 4 is 0 Å². The van der Waals surface area contributed by atoms with E-state index in [2.05, 4.69) is 140 Å². The van der Waals surface area contributed by atoms with Gasteiger partial charge in [0, 0.05) is 16.7 Å². The molecule has 236 valence electrons. The van der Waals surface area contributed by atoms with Crippen LogP contribution in [0.2, 0.25) is 0 Å². The Kier molecular flexibility index (Phi) is 6.46. The first-order valence-electron chi connectivity index (χ1n) is 17.2. The molecule has 0 bridgehead atoms. The van der Waals surface area contributed by atoms with Gasteiger partial charge in [-0.15, -0.1) is 0 Å². The molecule has 2 aliphatic carbocycles. The molecule has 0 fully saturated rings. The van der Waals surface area contributed by atoms with E-state index < -0.39 is 5.41 Å². The van der Waals surface area contributed by atoms with Crippen molar-refractivity contribution in [2.24, 2.45) is 0 Å². The van der Waals surface area contributed by atoms with E-state index in [1.165, 1.54) is 38.9 Å². The molecule has 1 aromatic heterocycles. The van der Waals surface area contributed by atoms with Crippen molar-refractivity contribution in [2.75, 3.05) is 0 Å². The fourth-order valence-electron chi connectivity index (χ4n) is 8.32. The van der Waals surface area contributed by atoms with Gasteiger partial charge < -0.3 is 0 Å². The highest BCUT2D eigenvalue weighted by Gasteiger charge is 2.51. The molecule has 2 aliphatic rings. The zero-order valence-electron chi connectivity index (χ0n) is 27.6. The third-order valence-corrected chi connectivity index (χ3v) is 10.5. The number of nitrogens with zero attached hydrogens (tertiary/aromatic N) is 3. The van der Waals surface area contributed by atoms with Crippen LogP contribution in [-0.4, -0.2) is 9.97 Å². The Labute approximate surface area is 296 Å². The van der Waals surface area contributed by atoms with Crippen LogP contribution in [-0.2, 0) is 5.41 Å². The number of hydrogen-bond acceptors (Lipinski definition) is 3. The van der Waals surface area contributed by atoms with Crippen LogP contribution in [0.4, 0.5) is 0 Å². The van der Waals surface area contributed by atoms with Gasteiger partial charge in [-0.05, 0) is 86.0 Å². The second-order valence-electron chi connectivity index (χ2n) is 13.2. The molecule has 51 heavy (non-hydrogen) atoms. The van der Waals surface area contributed by atoms with E-state index >= 15 is 0 Å². The average molecular weight is 648 g/mol. The molecule has 3 heteroatoms. The van der Waals surface area contributed by atoms with Crippen LogP contribution in [0.5, 0.6) is 0 Å². The van der Waals surface area contributed by atoms with Crippen LogP contribution in [0, 0.1) is 11.3 Å². The summed E-state index contributed by atoms with van der Waals surface area (Å²) < 4.78 is 0. The maximum Gasteiger partial charge on any atom is 0.160 e. The molecule has 1 heterocycles. The van der Waals surface area contributed by atoms with Crippen molar-refractivity contribution in [3.63, 3.8) is 0 Å². The maximum absolute atomic E-state index is 9.91. The van der Waals surface area contributed by atoms with Crippen LogP contribution in [0.15, 0.2) is 176 Å². The Balaban J connectivity index is 1.16. The van der Waals surface area contributed by atoms with E-state index in [0.29, 0.717) is 11.4 Å². The molecule has 0 N–H and O–H groups in total. The fourth-order valence-corrected chi connectivity index (χ4v) is 8.32. The molecule has 0 saturated heterocycles. The second kappa shape index (κ2) is 11.3. The average Bonchev–Trinajstić information content (AvgIpc) is 3.68. The van der Waals surface area contributed by atoms with E-state index in [4.69, 9.17) is 9.97 Å². The molecule has 8 aromatic rings. The highest BCUT2D eigenvalue weighted by Crippen LogP contribution is 2.63. The topological polar surface area (TPSA) is 49.6 Å².